The standard InChI is InChI=1S/C12H7Cl3N2O/c13-9-6-16-17(7-9)12(18)4-2-8-1-3-10(14)11(15)5-8/h1-7H. The van der Waals surface area contributed by atoms with Gasteiger partial charge in [0.05, 0.1) is 27.5 Å². The summed E-state index contributed by atoms with van der Waals surface area (Å²) in [6.07, 6.45) is 5.83. The van der Waals surface area contributed by atoms with E-state index in [9.17, 15) is 4.79 Å². The number of carbonyl (C=O) groups is 1. The highest BCUT2D eigenvalue weighted by Gasteiger charge is 2.02. The Kier molecular flexibility index (Phi) is 4.07. The van der Waals surface area contributed by atoms with Gasteiger partial charge in [-0.25, -0.2) is 4.68 Å². The van der Waals surface area contributed by atoms with E-state index in [1.165, 1.54) is 18.5 Å². The van der Waals surface area contributed by atoms with Crippen LogP contribution in [0.5, 0.6) is 0 Å². The zero-order valence-corrected chi connectivity index (χ0v) is 11.2. The average Bonchev–Trinajstić information content (AvgIpc) is 2.77. The minimum Gasteiger partial charge on any atom is -0.267 e. The highest BCUT2D eigenvalue weighted by atomic mass is 35.5. The second-order valence-electron chi connectivity index (χ2n) is 3.45. The fourth-order valence-electron chi connectivity index (χ4n) is 1.28. The van der Waals surface area contributed by atoms with E-state index in [1.807, 2.05) is 0 Å². The van der Waals surface area contributed by atoms with E-state index >= 15 is 0 Å². The van der Waals surface area contributed by atoms with Gasteiger partial charge in [0.2, 0.25) is 0 Å². The smallest absolute Gasteiger partial charge is 0.267 e. The Labute approximate surface area is 119 Å². The van der Waals surface area contributed by atoms with Crippen molar-refractivity contribution in [1.82, 2.24) is 9.78 Å². The zero-order chi connectivity index (χ0) is 13.1. The molecule has 0 spiro atoms. The maximum atomic E-state index is 11.7. The van der Waals surface area contributed by atoms with Crippen molar-refractivity contribution in [2.75, 3.05) is 0 Å². The third kappa shape index (κ3) is 3.13. The highest BCUT2D eigenvalue weighted by molar-refractivity contribution is 6.42. The number of allylic oxidation sites excluding steroid dienone is 1. The van der Waals surface area contributed by atoms with Crippen molar-refractivity contribution in [3.05, 3.63) is 57.3 Å². The van der Waals surface area contributed by atoms with Crippen molar-refractivity contribution in [3.8, 4) is 0 Å². The van der Waals surface area contributed by atoms with Gasteiger partial charge in [-0.05, 0) is 23.8 Å². The molecule has 0 bridgehead atoms. The van der Waals surface area contributed by atoms with Gasteiger partial charge in [-0.2, -0.15) is 5.10 Å². The molecule has 1 aromatic carbocycles. The van der Waals surface area contributed by atoms with Crippen molar-refractivity contribution in [2.45, 2.75) is 0 Å². The van der Waals surface area contributed by atoms with Gasteiger partial charge in [-0.1, -0.05) is 40.9 Å². The van der Waals surface area contributed by atoms with Gasteiger partial charge in [-0.15, -0.1) is 0 Å². The van der Waals surface area contributed by atoms with Gasteiger partial charge in [-0.3, -0.25) is 4.79 Å². The van der Waals surface area contributed by atoms with Crippen molar-refractivity contribution >= 4 is 46.8 Å². The van der Waals surface area contributed by atoms with Gasteiger partial charge in [0, 0.05) is 6.08 Å². The van der Waals surface area contributed by atoms with Crippen molar-refractivity contribution in [2.24, 2.45) is 0 Å². The topological polar surface area (TPSA) is 34.9 Å². The lowest BCUT2D eigenvalue weighted by Gasteiger charge is -1.97. The molecule has 0 aliphatic carbocycles. The lowest BCUT2D eigenvalue weighted by molar-refractivity contribution is 0.0955. The van der Waals surface area contributed by atoms with Crippen LogP contribution < -0.4 is 0 Å². The van der Waals surface area contributed by atoms with Crippen molar-refractivity contribution in [3.63, 3.8) is 0 Å². The van der Waals surface area contributed by atoms with Gasteiger partial charge in [0.25, 0.3) is 5.91 Å². The van der Waals surface area contributed by atoms with E-state index in [1.54, 1.807) is 24.3 Å². The van der Waals surface area contributed by atoms with E-state index in [2.05, 4.69) is 5.10 Å². The van der Waals surface area contributed by atoms with Crippen LogP contribution in [-0.4, -0.2) is 15.7 Å². The summed E-state index contributed by atoms with van der Waals surface area (Å²) in [6.45, 7) is 0. The summed E-state index contributed by atoms with van der Waals surface area (Å²) in [5.41, 5.74) is 0.774. The second-order valence-corrected chi connectivity index (χ2v) is 4.70. The van der Waals surface area contributed by atoms with Crippen LogP contribution in [0.15, 0.2) is 36.7 Å². The predicted octanol–water partition coefficient (Wildman–Crippen LogP) is 4.20. The molecule has 1 heterocycles. The summed E-state index contributed by atoms with van der Waals surface area (Å²) in [4.78, 5) is 11.7. The van der Waals surface area contributed by atoms with Gasteiger partial charge in [0.15, 0.2) is 0 Å². The molecule has 1 aromatic heterocycles. The summed E-state index contributed by atoms with van der Waals surface area (Å²) in [7, 11) is 0. The summed E-state index contributed by atoms with van der Waals surface area (Å²) in [6, 6.07) is 5.09. The number of hydrogen-bond donors (Lipinski definition) is 0. The molecule has 0 radical (unpaired) electrons. The summed E-state index contributed by atoms with van der Waals surface area (Å²) >= 11 is 17.3. The Balaban J connectivity index is 2.15. The predicted molar refractivity (Wildman–Crippen MR) is 73.4 cm³/mol. The van der Waals surface area contributed by atoms with Crippen LogP contribution in [0.1, 0.15) is 10.4 Å². The number of halogens is 3. The summed E-state index contributed by atoms with van der Waals surface area (Å²) in [5, 5.41) is 5.11. The lowest BCUT2D eigenvalue weighted by atomic mass is 10.2. The van der Waals surface area contributed by atoms with Crippen LogP contribution in [0, 0.1) is 0 Å². The van der Waals surface area contributed by atoms with Crippen molar-refractivity contribution < 1.29 is 4.79 Å². The first-order chi connectivity index (χ1) is 8.56. The molecule has 0 saturated carbocycles. The van der Waals surface area contributed by atoms with Crippen LogP contribution in [-0.2, 0) is 0 Å². The molecule has 2 aromatic rings. The van der Waals surface area contributed by atoms with Crippen LogP contribution >= 0.6 is 34.8 Å². The third-order valence-electron chi connectivity index (χ3n) is 2.14. The number of carbonyl (C=O) groups excluding carboxylic acids is 1. The number of nitrogens with zero attached hydrogens (tertiary/aromatic N) is 2. The van der Waals surface area contributed by atoms with Crippen LogP contribution in [0.4, 0.5) is 0 Å². The number of benzene rings is 1. The normalized spacial score (nSPS) is 11.1. The lowest BCUT2D eigenvalue weighted by Crippen LogP contribution is -2.06. The molecule has 92 valence electrons. The minimum atomic E-state index is -0.298. The molecule has 0 aliphatic rings. The zero-order valence-electron chi connectivity index (χ0n) is 8.98. The Bertz CT molecular complexity index is 620. The average molecular weight is 302 g/mol. The van der Waals surface area contributed by atoms with Crippen LogP contribution in [0.2, 0.25) is 15.1 Å². The van der Waals surface area contributed by atoms with E-state index in [4.69, 9.17) is 34.8 Å². The number of hydrogen-bond acceptors (Lipinski definition) is 2. The Hall–Kier alpha value is -1.29. The van der Waals surface area contributed by atoms with E-state index in [-0.39, 0.29) is 5.91 Å². The second kappa shape index (κ2) is 5.57. The third-order valence-corrected chi connectivity index (χ3v) is 3.07. The molecule has 0 aliphatic heterocycles. The van der Waals surface area contributed by atoms with E-state index < -0.39 is 0 Å². The molecule has 0 unspecified atom stereocenters. The molecule has 3 nitrogen and oxygen atoms in total. The first-order valence-electron chi connectivity index (χ1n) is 4.94. The molecular weight excluding hydrogens is 295 g/mol. The number of rotatable bonds is 2. The fourth-order valence-corrected chi connectivity index (χ4v) is 1.72. The first-order valence-corrected chi connectivity index (χ1v) is 6.07. The van der Waals surface area contributed by atoms with Gasteiger partial charge >= 0.3 is 0 Å². The Morgan fingerprint density at radius 3 is 2.61 bits per heavy atom. The van der Waals surface area contributed by atoms with Gasteiger partial charge < -0.3 is 0 Å². The summed E-state index contributed by atoms with van der Waals surface area (Å²) < 4.78 is 1.15. The highest BCUT2D eigenvalue weighted by Crippen LogP contribution is 2.23. The molecule has 0 fully saturated rings. The quantitative estimate of drug-likeness (QED) is 0.779. The Morgan fingerprint density at radius 1 is 1.22 bits per heavy atom. The maximum Gasteiger partial charge on any atom is 0.270 e. The van der Waals surface area contributed by atoms with E-state index in [0.717, 1.165) is 10.2 Å². The SMILES string of the molecule is O=C(C=Cc1ccc(Cl)c(Cl)c1)n1cc(Cl)cn1. The maximum absolute atomic E-state index is 11.7. The molecule has 2 rings (SSSR count). The van der Waals surface area contributed by atoms with Crippen molar-refractivity contribution in [1.29, 1.82) is 0 Å². The summed E-state index contributed by atoms with van der Waals surface area (Å²) in [5.74, 6) is -0.298. The van der Waals surface area contributed by atoms with E-state index in [0.29, 0.717) is 15.1 Å². The van der Waals surface area contributed by atoms with Crippen LogP contribution in [0.3, 0.4) is 0 Å². The molecular formula is C12H7Cl3N2O. The minimum absolute atomic E-state index is 0.298. The molecule has 0 atom stereocenters. The monoisotopic (exact) mass is 300 g/mol. The molecule has 18 heavy (non-hydrogen) atoms. The molecule has 0 amide bonds. The first kappa shape index (κ1) is 13.1. The largest absolute Gasteiger partial charge is 0.270 e. The number of aromatic nitrogens is 2. The van der Waals surface area contributed by atoms with Gasteiger partial charge in [0.1, 0.15) is 0 Å². The molecule has 6 heteroatoms. The van der Waals surface area contributed by atoms with Crippen LogP contribution in [0.25, 0.3) is 6.08 Å². The fraction of sp³-hybridized carbons (Fsp3) is 0. The Morgan fingerprint density at radius 2 is 2.00 bits per heavy atom. The molecule has 0 saturated heterocycles. The molecule has 0 N–H and O–H groups in total.